The van der Waals surface area contributed by atoms with Crippen LogP contribution < -0.4 is 15.0 Å². The quantitative estimate of drug-likeness (QED) is 0.562. The van der Waals surface area contributed by atoms with Gasteiger partial charge in [0.1, 0.15) is 5.75 Å². The van der Waals surface area contributed by atoms with Crippen molar-refractivity contribution in [3.63, 3.8) is 0 Å². The number of ether oxygens (including phenoxy) is 1. The van der Waals surface area contributed by atoms with E-state index in [9.17, 15) is 9.59 Å². The normalized spacial score (nSPS) is 13.9. The molecule has 1 aliphatic heterocycles. The third-order valence-corrected chi connectivity index (χ3v) is 5.75. The number of halogens is 1. The number of nitrogens with zero attached hydrogens (tertiary/aromatic N) is 2. The fourth-order valence-corrected chi connectivity index (χ4v) is 3.82. The molecule has 0 saturated carbocycles. The number of hydrogen-bond donors (Lipinski definition) is 1. The van der Waals surface area contributed by atoms with Gasteiger partial charge in [-0.1, -0.05) is 38.8 Å². The summed E-state index contributed by atoms with van der Waals surface area (Å²) in [5.74, 6) is 0.723. The Kier molecular flexibility index (Phi) is 8.39. The van der Waals surface area contributed by atoms with Crippen molar-refractivity contribution in [1.29, 1.82) is 0 Å². The number of carbonyl (C=O) groups is 2. The zero-order valence-corrected chi connectivity index (χ0v) is 19.8. The van der Waals surface area contributed by atoms with Crippen LogP contribution in [0.3, 0.4) is 0 Å². The molecular formula is C25H32ClN3O3. The molecule has 2 aromatic rings. The van der Waals surface area contributed by atoms with E-state index in [-0.39, 0.29) is 17.7 Å². The third kappa shape index (κ3) is 6.16. The number of unbranched alkanes of at least 4 members (excludes halogenated alkanes) is 1. The average Bonchev–Trinajstić information content (AvgIpc) is 2.79. The average molecular weight is 458 g/mol. The van der Waals surface area contributed by atoms with E-state index in [0.717, 1.165) is 24.3 Å². The van der Waals surface area contributed by atoms with Crippen LogP contribution in [0, 0.1) is 5.92 Å². The number of piperazine rings is 1. The van der Waals surface area contributed by atoms with Gasteiger partial charge in [-0.15, -0.1) is 0 Å². The second kappa shape index (κ2) is 11.2. The molecule has 0 aromatic heterocycles. The fourth-order valence-electron chi connectivity index (χ4n) is 3.65. The zero-order valence-electron chi connectivity index (χ0n) is 19.1. The highest BCUT2D eigenvalue weighted by Gasteiger charge is 2.24. The summed E-state index contributed by atoms with van der Waals surface area (Å²) in [4.78, 5) is 29.2. The fraction of sp³-hybridized carbons (Fsp3) is 0.440. The van der Waals surface area contributed by atoms with Gasteiger partial charge in [0.2, 0.25) is 5.91 Å². The molecule has 0 spiro atoms. The van der Waals surface area contributed by atoms with E-state index in [2.05, 4.69) is 17.1 Å². The monoisotopic (exact) mass is 457 g/mol. The first-order valence-corrected chi connectivity index (χ1v) is 11.6. The van der Waals surface area contributed by atoms with Crippen molar-refractivity contribution in [2.24, 2.45) is 5.92 Å². The van der Waals surface area contributed by atoms with Crippen LogP contribution in [0.15, 0.2) is 42.5 Å². The summed E-state index contributed by atoms with van der Waals surface area (Å²) < 4.78 is 5.67. The first kappa shape index (κ1) is 23.9. The Balaban J connectivity index is 1.68. The van der Waals surface area contributed by atoms with E-state index in [1.807, 2.05) is 43.0 Å². The van der Waals surface area contributed by atoms with Gasteiger partial charge < -0.3 is 19.9 Å². The number of nitrogens with one attached hydrogen (secondary N) is 1. The van der Waals surface area contributed by atoms with Crippen LogP contribution in [-0.2, 0) is 4.79 Å². The number of benzene rings is 2. The molecule has 0 radical (unpaired) electrons. The molecule has 0 bridgehead atoms. The lowest BCUT2D eigenvalue weighted by Crippen LogP contribution is -2.50. The molecule has 0 aliphatic carbocycles. The van der Waals surface area contributed by atoms with Crippen molar-refractivity contribution >= 4 is 34.8 Å². The van der Waals surface area contributed by atoms with Gasteiger partial charge in [-0.2, -0.15) is 0 Å². The van der Waals surface area contributed by atoms with Crippen molar-refractivity contribution in [3.8, 4) is 5.75 Å². The molecule has 1 heterocycles. The molecular weight excluding hydrogens is 426 g/mol. The maximum atomic E-state index is 12.9. The first-order chi connectivity index (χ1) is 15.4. The molecule has 1 saturated heterocycles. The number of anilines is 2. The van der Waals surface area contributed by atoms with Crippen LogP contribution in [0.4, 0.5) is 11.4 Å². The van der Waals surface area contributed by atoms with E-state index in [1.54, 1.807) is 18.2 Å². The highest BCUT2D eigenvalue weighted by Crippen LogP contribution is 2.31. The molecule has 2 amide bonds. The van der Waals surface area contributed by atoms with Crippen LogP contribution in [-0.4, -0.2) is 49.5 Å². The first-order valence-electron chi connectivity index (χ1n) is 11.3. The molecule has 0 atom stereocenters. The summed E-state index contributed by atoms with van der Waals surface area (Å²) in [5, 5.41) is 3.56. The lowest BCUT2D eigenvalue weighted by molar-refractivity contribution is -0.134. The standard InChI is InChI=1S/C25H32ClN3O3/c1-4-5-16-32-21-9-6-19(7-10-21)24(30)27-22-17-20(26)8-11-23(22)28-12-14-29(15-13-28)25(31)18(2)3/h6-11,17-18H,4-5,12-16H2,1-3H3,(H,27,30). The summed E-state index contributed by atoms with van der Waals surface area (Å²) in [7, 11) is 0. The summed E-state index contributed by atoms with van der Waals surface area (Å²) in [5.41, 5.74) is 2.11. The molecule has 6 nitrogen and oxygen atoms in total. The van der Waals surface area contributed by atoms with E-state index >= 15 is 0 Å². The predicted octanol–water partition coefficient (Wildman–Crippen LogP) is 5.08. The smallest absolute Gasteiger partial charge is 0.255 e. The summed E-state index contributed by atoms with van der Waals surface area (Å²) >= 11 is 6.23. The molecule has 172 valence electrons. The maximum Gasteiger partial charge on any atom is 0.255 e. The number of amides is 2. The molecule has 3 rings (SSSR count). The Morgan fingerprint density at radius 3 is 2.38 bits per heavy atom. The molecule has 32 heavy (non-hydrogen) atoms. The summed E-state index contributed by atoms with van der Waals surface area (Å²) in [6, 6.07) is 12.7. The van der Waals surface area contributed by atoms with Gasteiger partial charge in [-0.05, 0) is 48.9 Å². The largest absolute Gasteiger partial charge is 0.494 e. The van der Waals surface area contributed by atoms with Gasteiger partial charge in [0.25, 0.3) is 5.91 Å². The summed E-state index contributed by atoms with van der Waals surface area (Å²) in [6.07, 6.45) is 2.07. The predicted molar refractivity (Wildman–Crippen MR) is 130 cm³/mol. The summed E-state index contributed by atoms with van der Waals surface area (Å²) in [6.45, 7) is 9.35. The highest BCUT2D eigenvalue weighted by atomic mass is 35.5. The second-order valence-corrected chi connectivity index (χ2v) is 8.75. The van der Waals surface area contributed by atoms with Crippen LogP contribution in [0.1, 0.15) is 44.0 Å². The molecule has 1 fully saturated rings. The van der Waals surface area contributed by atoms with Crippen LogP contribution in [0.2, 0.25) is 5.02 Å². The van der Waals surface area contributed by atoms with Gasteiger partial charge in [0.05, 0.1) is 18.0 Å². The van der Waals surface area contributed by atoms with Gasteiger partial charge in [-0.3, -0.25) is 9.59 Å². The van der Waals surface area contributed by atoms with Gasteiger partial charge in [-0.25, -0.2) is 0 Å². The zero-order chi connectivity index (χ0) is 23.1. The Labute approximate surface area is 195 Å². The van der Waals surface area contributed by atoms with E-state index in [4.69, 9.17) is 16.3 Å². The highest BCUT2D eigenvalue weighted by molar-refractivity contribution is 6.31. The Morgan fingerprint density at radius 1 is 1.06 bits per heavy atom. The second-order valence-electron chi connectivity index (χ2n) is 8.31. The molecule has 2 aromatic carbocycles. The Hall–Kier alpha value is -2.73. The maximum absolute atomic E-state index is 12.9. The van der Waals surface area contributed by atoms with Crippen molar-refractivity contribution in [2.75, 3.05) is 43.0 Å². The minimum Gasteiger partial charge on any atom is -0.494 e. The molecule has 1 aliphatic rings. The van der Waals surface area contributed by atoms with Gasteiger partial charge in [0.15, 0.2) is 0 Å². The third-order valence-electron chi connectivity index (χ3n) is 5.52. The minimum absolute atomic E-state index is 0.00429. The van der Waals surface area contributed by atoms with Crippen LogP contribution >= 0.6 is 11.6 Å². The van der Waals surface area contributed by atoms with Crippen LogP contribution in [0.25, 0.3) is 0 Å². The lowest BCUT2D eigenvalue weighted by Gasteiger charge is -2.37. The Morgan fingerprint density at radius 2 is 1.75 bits per heavy atom. The number of rotatable bonds is 8. The van der Waals surface area contributed by atoms with Gasteiger partial charge >= 0.3 is 0 Å². The lowest BCUT2D eigenvalue weighted by atomic mass is 10.1. The Bertz CT molecular complexity index is 923. The number of hydrogen-bond acceptors (Lipinski definition) is 4. The topological polar surface area (TPSA) is 61.9 Å². The molecule has 7 heteroatoms. The minimum atomic E-state index is -0.206. The van der Waals surface area contributed by atoms with E-state index in [0.29, 0.717) is 49.1 Å². The van der Waals surface area contributed by atoms with Crippen molar-refractivity contribution in [2.45, 2.75) is 33.6 Å². The van der Waals surface area contributed by atoms with E-state index < -0.39 is 0 Å². The SMILES string of the molecule is CCCCOc1ccc(C(=O)Nc2cc(Cl)ccc2N2CCN(C(=O)C(C)C)CC2)cc1. The molecule has 1 N–H and O–H groups in total. The van der Waals surface area contributed by atoms with Crippen molar-refractivity contribution < 1.29 is 14.3 Å². The van der Waals surface area contributed by atoms with Crippen molar-refractivity contribution in [3.05, 3.63) is 53.1 Å². The van der Waals surface area contributed by atoms with Crippen LogP contribution in [0.5, 0.6) is 5.75 Å². The molecule has 0 unspecified atom stereocenters. The number of carbonyl (C=O) groups excluding carboxylic acids is 2. The van der Waals surface area contributed by atoms with Gasteiger partial charge in [0, 0.05) is 42.7 Å². The van der Waals surface area contributed by atoms with Crippen molar-refractivity contribution in [1.82, 2.24) is 4.90 Å². The van der Waals surface area contributed by atoms with E-state index in [1.165, 1.54) is 0 Å².